The van der Waals surface area contributed by atoms with Gasteiger partial charge in [0, 0.05) is 5.92 Å². The molecule has 0 amide bonds. The number of nitrogens with two attached hydrogens (primary N) is 1. The third-order valence-electron chi connectivity index (χ3n) is 3.33. The van der Waals surface area contributed by atoms with Crippen LogP contribution in [0.5, 0.6) is 0 Å². The Bertz CT molecular complexity index is 349. The molecule has 3 heteroatoms. The summed E-state index contributed by atoms with van der Waals surface area (Å²) in [6.45, 7) is 0.359. The van der Waals surface area contributed by atoms with E-state index < -0.39 is 0 Å². The van der Waals surface area contributed by atoms with Crippen LogP contribution < -0.4 is 5.73 Å². The fourth-order valence-corrected chi connectivity index (χ4v) is 2.36. The standard InChI is InChI=1S/C13H19NO2/c14-9-11-7-8-12(16-11)13(15)10-5-3-1-2-4-6-10/h7-8,10H,1-6,9,14H2. The molecule has 88 valence electrons. The molecule has 0 aliphatic heterocycles. The van der Waals surface area contributed by atoms with Gasteiger partial charge in [-0.3, -0.25) is 4.79 Å². The molecule has 0 saturated heterocycles. The Balaban J connectivity index is 2.05. The van der Waals surface area contributed by atoms with Gasteiger partial charge in [0.15, 0.2) is 5.76 Å². The summed E-state index contributed by atoms with van der Waals surface area (Å²) in [5.74, 6) is 1.52. The van der Waals surface area contributed by atoms with Gasteiger partial charge in [-0.05, 0) is 25.0 Å². The molecule has 1 fully saturated rings. The van der Waals surface area contributed by atoms with Gasteiger partial charge >= 0.3 is 0 Å². The van der Waals surface area contributed by atoms with Crippen LogP contribution in [0, 0.1) is 5.92 Å². The van der Waals surface area contributed by atoms with Crippen LogP contribution in [0.1, 0.15) is 54.8 Å². The lowest BCUT2D eigenvalue weighted by Gasteiger charge is -2.10. The summed E-state index contributed by atoms with van der Waals surface area (Å²) in [7, 11) is 0. The molecule has 2 N–H and O–H groups in total. The number of carbonyl (C=O) groups is 1. The van der Waals surface area contributed by atoms with Crippen LogP contribution in [0.25, 0.3) is 0 Å². The van der Waals surface area contributed by atoms with Crippen LogP contribution in [-0.2, 0) is 6.54 Å². The molecule has 3 nitrogen and oxygen atoms in total. The van der Waals surface area contributed by atoms with Crippen molar-refractivity contribution in [2.75, 3.05) is 0 Å². The van der Waals surface area contributed by atoms with E-state index >= 15 is 0 Å². The molecule has 16 heavy (non-hydrogen) atoms. The Morgan fingerprint density at radius 1 is 1.25 bits per heavy atom. The first-order valence-corrected chi connectivity index (χ1v) is 6.14. The molecule has 0 spiro atoms. The minimum atomic E-state index is 0.166. The number of hydrogen-bond acceptors (Lipinski definition) is 3. The molecule has 1 heterocycles. The van der Waals surface area contributed by atoms with Crippen molar-refractivity contribution in [2.24, 2.45) is 11.7 Å². The predicted molar refractivity (Wildman–Crippen MR) is 62.1 cm³/mol. The highest BCUT2D eigenvalue weighted by molar-refractivity contribution is 5.95. The summed E-state index contributed by atoms with van der Waals surface area (Å²) in [6.07, 6.45) is 6.88. The predicted octanol–water partition coefficient (Wildman–Crippen LogP) is 2.89. The molecule has 0 unspecified atom stereocenters. The van der Waals surface area contributed by atoms with Crippen molar-refractivity contribution in [1.82, 2.24) is 0 Å². The smallest absolute Gasteiger partial charge is 0.201 e. The molecular formula is C13H19NO2. The van der Waals surface area contributed by atoms with Crippen LogP contribution in [0.15, 0.2) is 16.5 Å². The maximum absolute atomic E-state index is 12.1. The van der Waals surface area contributed by atoms with Crippen molar-refractivity contribution in [3.8, 4) is 0 Å². The van der Waals surface area contributed by atoms with E-state index in [1.807, 2.05) is 0 Å². The SMILES string of the molecule is NCc1ccc(C(=O)C2CCCCCC2)o1. The van der Waals surface area contributed by atoms with Crippen molar-refractivity contribution < 1.29 is 9.21 Å². The lowest BCUT2D eigenvalue weighted by atomic mass is 9.94. The number of ketones is 1. The summed E-state index contributed by atoms with van der Waals surface area (Å²) in [5.41, 5.74) is 5.46. The Morgan fingerprint density at radius 3 is 2.50 bits per heavy atom. The molecule has 0 atom stereocenters. The topological polar surface area (TPSA) is 56.2 Å². The quantitative estimate of drug-likeness (QED) is 0.630. The molecule has 0 bridgehead atoms. The van der Waals surface area contributed by atoms with Crippen LogP contribution in [0.2, 0.25) is 0 Å². The second-order valence-corrected chi connectivity index (χ2v) is 4.52. The average molecular weight is 221 g/mol. The Kier molecular flexibility index (Phi) is 3.78. The van der Waals surface area contributed by atoms with Gasteiger partial charge in [-0.15, -0.1) is 0 Å². The normalized spacial score (nSPS) is 18.3. The van der Waals surface area contributed by atoms with Gasteiger partial charge in [0.2, 0.25) is 5.78 Å². The summed E-state index contributed by atoms with van der Waals surface area (Å²) in [6, 6.07) is 3.55. The number of hydrogen-bond donors (Lipinski definition) is 1. The van der Waals surface area contributed by atoms with Gasteiger partial charge in [-0.25, -0.2) is 0 Å². The van der Waals surface area contributed by atoms with Gasteiger partial charge in [-0.2, -0.15) is 0 Å². The zero-order valence-corrected chi connectivity index (χ0v) is 9.58. The summed E-state index contributed by atoms with van der Waals surface area (Å²) in [4.78, 5) is 12.1. The number of rotatable bonds is 3. The minimum Gasteiger partial charge on any atom is -0.457 e. The second-order valence-electron chi connectivity index (χ2n) is 4.52. The third kappa shape index (κ3) is 2.53. The molecule has 1 aliphatic carbocycles. The molecule has 1 aromatic heterocycles. The fraction of sp³-hybridized carbons (Fsp3) is 0.615. The lowest BCUT2D eigenvalue weighted by molar-refractivity contribution is 0.0877. The summed E-state index contributed by atoms with van der Waals surface area (Å²) in [5, 5.41) is 0. The Labute approximate surface area is 96.0 Å². The second kappa shape index (κ2) is 5.30. The monoisotopic (exact) mass is 221 g/mol. The van der Waals surface area contributed by atoms with Crippen molar-refractivity contribution in [1.29, 1.82) is 0 Å². The van der Waals surface area contributed by atoms with E-state index in [4.69, 9.17) is 10.2 Å². The van der Waals surface area contributed by atoms with Crippen molar-refractivity contribution >= 4 is 5.78 Å². The van der Waals surface area contributed by atoms with Crippen LogP contribution in [0.3, 0.4) is 0 Å². The third-order valence-corrected chi connectivity index (χ3v) is 3.33. The number of furan rings is 1. The van der Waals surface area contributed by atoms with E-state index in [0.717, 1.165) is 12.8 Å². The maximum atomic E-state index is 12.1. The zero-order valence-electron chi connectivity index (χ0n) is 9.58. The van der Waals surface area contributed by atoms with E-state index in [0.29, 0.717) is 18.1 Å². The van der Waals surface area contributed by atoms with E-state index in [2.05, 4.69) is 0 Å². The van der Waals surface area contributed by atoms with Crippen molar-refractivity contribution in [2.45, 2.75) is 45.1 Å². The fourth-order valence-electron chi connectivity index (χ4n) is 2.36. The molecule has 1 aromatic rings. The molecule has 0 aromatic carbocycles. The van der Waals surface area contributed by atoms with Gasteiger partial charge < -0.3 is 10.2 Å². The van der Waals surface area contributed by atoms with Crippen LogP contribution in [0.4, 0.5) is 0 Å². The first kappa shape index (κ1) is 11.4. The van der Waals surface area contributed by atoms with E-state index in [-0.39, 0.29) is 11.7 Å². The average Bonchev–Trinajstić information content (AvgIpc) is 2.62. The van der Waals surface area contributed by atoms with Gasteiger partial charge in [0.05, 0.1) is 6.54 Å². The number of carbonyl (C=O) groups excluding carboxylic acids is 1. The first-order chi connectivity index (χ1) is 7.81. The summed E-state index contributed by atoms with van der Waals surface area (Å²) >= 11 is 0. The highest BCUT2D eigenvalue weighted by Crippen LogP contribution is 2.26. The largest absolute Gasteiger partial charge is 0.457 e. The minimum absolute atomic E-state index is 0.166. The maximum Gasteiger partial charge on any atom is 0.201 e. The van der Waals surface area contributed by atoms with E-state index in [9.17, 15) is 4.79 Å². The van der Waals surface area contributed by atoms with Crippen molar-refractivity contribution in [3.05, 3.63) is 23.7 Å². The first-order valence-electron chi connectivity index (χ1n) is 6.14. The molecule has 2 rings (SSSR count). The van der Waals surface area contributed by atoms with Crippen molar-refractivity contribution in [3.63, 3.8) is 0 Å². The van der Waals surface area contributed by atoms with E-state index in [1.54, 1.807) is 12.1 Å². The van der Waals surface area contributed by atoms with Crippen LogP contribution in [-0.4, -0.2) is 5.78 Å². The molecule has 1 saturated carbocycles. The zero-order chi connectivity index (χ0) is 11.4. The van der Waals surface area contributed by atoms with Crippen LogP contribution >= 0.6 is 0 Å². The number of Topliss-reactive ketones (excluding diaryl/α,β-unsaturated/α-hetero) is 1. The lowest BCUT2D eigenvalue weighted by Crippen LogP contribution is -2.13. The van der Waals surface area contributed by atoms with Gasteiger partial charge in [0.25, 0.3) is 0 Å². The summed E-state index contributed by atoms with van der Waals surface area (Å²) < 4.78 is 5.41. The molecule has 0 radical (unpaired) electrons. The van der Waals surface area contributed by atoms with E-state index in [1.165, 1.54) is 25.7 Å². The molecule has 1 aliphatic rings. The van der Waals surface area contributed by atoms with Gasteiger partial charge in [0.1, 0.15) is 5.76 Å². The Hall–Kier alpha value is -1.09. The highest BCUT2D eigenvalue weighted by atomic mass is 16.3. The highest BCUT2D eigenvalue weighted by Gasteiger charge is 2.23. The Morgan fingerprint density at radius 2 is 1.94 bits per heavy atom. The van der Waals surface area contributed by atoms with Gasteiger partial charge in [-0.1, -0.05) is 25.7 Å². The molecular weight excluding hydrogens is 202 g/mol.